The van der Waals surface area contributed by atoms with Gasteiger partial charge in [0.2, 0.25) is 0 Å². The van der Waals surface area contributed by atoms with Gasteiger partial charge in [0.15, 0.2) is 0 Å². The summed E-state index contributed by atoms with van der Waals surface area (Å²) in [4.78, 5) is 14.0. The Balaban J connectivity index is 1.77. The van der Waals surface area contributed by atoms with Gasteiger partial charge in [-0.25, -0.2) is 0 Å². The summed E-state index contributed by atoms with van der Waals surface area (Å²) in [6.07, 6.45) is 23.0. The number of carbonyl (C=O) groups is 1. The minimum Gasteiger partial charge on any atom is -0.466 e. The molecule has 0 bridgehead atoms. The Bertz CT molecular complexity index is 407. The van der Waals surface area contributed by atoms with Crippen LogP contribution < -0.4 is 0 Å². The van der Waals surface area contributed by atoms with E-state index in [0.29, 0.717) is 13.0 Å². The molecular weight excluding hydrogens is 334 g/mol. The van der Waals surface area contributed by atoms with Crippen LogP contribution >= 0.6 is 0 Å². The number of unbranched alkanes of at least 4 members (excludes halogenated alkanes) is 11. The Kier molecular flexibility index (Phi) is 13.6. The van der Waals surface area contributed by atoms with Gasteiger partial charge in [0.1, 0.15) is 0 Å². The average molecular weight is 380 g/mol. The number of hydrogen-bond acceptors (Lipinski definition) is 3. The van der Waals surface area contributed by atoms with Crippen molar-refractivity contribution in [3.8, 4) is 0 Å². The maximum atomic E-state index is 11.7. The van der Waals surface area contributed by atoms with Crippen LogP contribution in [-0.2, 0) is 9.53 Å². The molecular formula is C24H45NO2. The Labute approximate surface area is 168 Å². The van der Waals surface area contributed by atoms with Crippen molar-refractivity contribution < 1.29 is 9.53 Å². The third-order valence-corrected chi connectivity index (χ3v) is 5.94. The molecule has 0 saturated carbocycles. The van der Waals surface area contributed by atoms with Crippen LogP contribution in [0.25, 0.3) is 0 Å². The van der Waals surface area contributed by atoms with Crippen LogP contribution in [0.3, 0.4) is 0 Å². The third-order valence-electron chi connectivity index (χ3n) is 5.94. The molecule has 1 saturated heterocycles. The molecule has 1 aliphatic rings. The third kappa shape index (κ3) is 13.1. The van der Waals surface area contributed by atoms with E-state index in [-0.39, 0.29) is 11.5 Å². The molecule has 158 valence electrons. The van der Waals surface area contributed by atoms with Gasteiger partial charge in [-0.1, -0.05) is 70.4 Å². The lowest BCUT2D eigenvalue weighted by atomic mass is 10.1. The monoisotopic (exact) mass is 379 g/mol. The van der Waals surface area contributed by atoms with Gasteiger partial charge in [0.05, 0.1) is 6.61 Å². The lowest BCUT2D eigenvalue weighted by molar-refractivity contribution is -0.144. The molecule has 1 aliphatic heterocycles. The molecule has 27 heavy (non-hydrogen) atoms. The fourth-order valence-electron chi connectivity index (χ4n) is 3.54. The zero-order valence-corrected chi connectivity index (χ0v) is 18.4. The predicted octanol–water partition coefficient (Wildman–Crippen LogP) is 6.66. The summed E-state index contributed by atoms with van der Waals surface area (Å²) in [7, 11) is 2.12. The summed E-state index contributed by atoms with van der Waals surface area (Å²) >= 11 is 0. The highest BCUT2D eigenvalue weighted by atomic mass is 16.5. The van der Waals surface area contributed by atoms with Crippen molar-refractivity contribution in [2.75, 3.05) is 20.2 Å². The van der Waals surface area contributed by atoms with Gasteiger partial charge in [0.25, 0.3) is 0 Å². The fraction of sp³-hybridized carbons (Fsp3) is 0.875. The number of allylic oxidation sites excluding steroid dienone is 2. The van der Waals surface area contributed by atoms with E-state index in [2.05, 4.69) is 37.9 Å². The molecule has 0 N–H and O–H groups in total. The minimum atomic E-state index is -0.0143. The Morgan fingerprint density at radius 2 is 1.44 bits per heavy atom. The van der Waals surface area contributed by atoms with Crippen LogP contribution in [0.15, 0.2) is 12.2 Å². The fourth-order valence-corrected chi connectivity index (χ4v) is 3.54. The van der Waals surface area contributed by atoms with Gasteiger partial charge >= 0.3 is 5.97 Å². The molecule has 1 heterocycles. The van der Waals surface area contributed by atoms with Crippen molar-refractivity contribution in [3.63, 3.8) is 0 Å². The molecule has 0 aliphatic carbocycles. The Morgan fingerprint density at radius 1 is 0.926 bits per heavy atom. The van der Waals surface area contributed by atoms with E-state index in [4.69, 9.17) is 4.74 Å². The number of nitrogens with zero attached hydrogens (tertiary/aromatic N) is 1. The Hall–Kier alpha value is -0.830. The van der Waals surface area contributed by atoms with Crippen molar-refractivity contribution in [1.29, 1.82) is 0 Å². The quantitative estimate of drug-likeness (QED) is 0.115. The van der Waals surface area contributed by atoms with E-state index in [9.17, 15) is 4.79 Å². The zero-order chi connectivity index (χ0) is 19.8. The van der Waals surface area contributed by atoms with Crippen LogP contribution in [0, 0.1) is 0 Å². The highest BCUT2D eigenvalue weighted by Gasteiger charge is 2.43. The number of hydrogen-bond donors (Lipinski definition) is 0. The molecule has 0 aromatic carbocycles. The van der Waals surface area contributed by atoms with Crippen LogP contribution in [0.1, 0.15) is 110 Å². The average Bonchev–Trinajstić information content (AvgIpc) is 3.24. The van der Waals surface area contributed by atoms with Gasteiger partial charge < -0.3 is 4.74 Å². The highest BCUT2D eigenvalue weighted by Crippen LogP contribution is 2.32. The second-order valence-corrected chi connectivity index (χ2v) is 8.66. The lowest BCUT2D eigenvalue weighted by Crippen LogP contribution is -2.16. The largest absolute Gasteiger partial charge is 0.466 e. The van der Waals surface area contributed by atoms with E-state index >= 15 is 0 Å². The molecule has 2 unspecified atom stereocenters. The molecule has 1 fully saturated rings. The van der Waals surface area contributed by atoms with Crippen molar-refractivity contribution in [3.05, 3.63) is 12.2 Å². The number of rotatable bonds is 18. The molecule has 2 atom stereocenters. The van der Waals surface area contributed by atoms with Crippen molar-refractivity contribution >= 4 is 5.97 Å². The number of likely N-dealkylation sites (N-methyl/N-ethyl adjacent to an activating group) is 1. The van der Waals surface area contributed by atoms with E-state index in [1.165, 1.54) is 70.6 Å². The van der Waals surface area contributed by atoms with E-state index in [1.54, 1.807) is 0 Å². The summed E-state index contributed by atoms with van der Waals surface area (Å²) < 4.78 is 5.35. The van der Waals surface area contributed by atoms with Gasteiger partial charge in [0, 0.05) is 24.9 Å². The first kappa shape index (κ1) is 24.2. The number of ether oxygens (including phenoxy) is 1. The second-order valence-electron chi connectivity index (χ2n) is 8.66. The van der Waals surface area contributed by atoms with Crippen LogP contribution in [0.5, 0.6) is 0 Å². The van der Waals surface area contributed by atoms with E-state index in [0.717, 1.165) is 25.8 Å². The molecule has 0 aromatic rings. The molecule has 3 heteroatoms. The normalized spacial score (nSPS) is 21.7. The summed E-state index contributed by atoms with van der Waals surface area (Å²) in [6, 6.07) is 0. The van der Waals surface area contributed by atoms with Crippen molar-refractivity contribution in [2.24, 2.45) is 0 Å². The van der Waals surface area contributed by atoms with Gasteiger partial charge in [-0.2, -0.15) is 0 Å². The summed E-state index contributed by atoms with van der Waals surface area (Å²) in [6.45, 7) is 6.20. The SMILES string of the molecule is CCCCCCCC/C=C/CCCCCCCC(=O)OCCC1(C)CN1C. The first-order valence-corrected chi connectivity index (χ1v) is 11.6. The molecule has 0 aromatic heterocycles. The van der Waals surface area contributed by atoms with Crippen molar-refractivity contribution in [2.45, 2.75) is 116 Å². The Morgan fingerprint density at radius 3 is 2.00 bits per heavy atom. The van der Waals surface area contributed by atoms with Crippen molar-refractivity contribution in [1.82, 2.24) is 4.90 Å². The maximum absolute atomic E-state index is 11.7. The molecule has 0 spiro atoms. The van der Waals surface area contributed by atoms with Gasteiger partial charge in [-0.05, 0) is 46.1 Å². The van der Waals surface area contributed by atoms with E-state index in [1.807, 2.05) is 0 Å². The molecule has 0 radical (unpaired) electrons. The second kappa shape index (κ2) is 15.1. The van der Waals surface area contributed by atoms with Crippen LogP contribution in [0.2, 0.25) is 0 Å². The van der Waals surface area contributed by atoms with E-state index < -0.39 is 0 Å². The maximum Gasteiger partial charge on any atom is 0.305 e. The van der Waals surface area contributed by atoms with Crippen LogP contribution in [0.4, 0.5) is 0 Å². The first-order valence-electron chi connectivity index (χ1n) is 11.6. The first-order chi connectivity index (χ1) is 13.1. The standard InChI is InChI=1S/C24H45NO2/c1-4-5-6-7-8-9-10-11-12-13-14-15-16-17-18-19-23(26)27-21-20-24(2)22-25(24)3/h11-12H,4-10,13-22H2,1-3H3/b12-11+. The lowest BCUT2D eigenvalue weighted by Gasteiger charge is -2.10. The summed E-state index contributed by atoms with van der Waals surface area (Å²) in [5.41, 5.74) is 0.281. The summed E-state index contributed by atoms with van der Waals surface area (Å²) in [5.74, 6) is -0.0143. The minimum absolute atomic E-state index is 0.0143. The highest BCUT2D eigenvalue weighted by molar-refractivity contribution is 5.69. The predicted molar refractivity (Wildman–Crippen MR) is 116 cm³/mol. The van der Waals surface area contributed by atoms with Gasteiger partial charge in [-0.15, -0.1) is 0 Å². The number of carbonyl (C=O) groups excluding carboxylic acids is 1. The zero-order valence-electron chi connectivity index (χ0n) is 18.4. The topological polar surface area (TPSA) is 29.3 Å². The number of esters is 1. The summed E-state index contributed by atoms with van der Waals surface area (Å²) in [5, 5.41) is 0. The molecule has 3 nitrogen and oxygen atoms in total. The smallest absolute Gasteiger partial charge is 0.305 e. The molecule has 1 rings (SSSR count). The van der Waals surface area contributed by atoms with Crippen LogP contribution in [-0.4, -0.2) is 36.6 Å². The molecule has 0 amide bonds. The van der Waals surface area contributed by atoms with Gasteiger partial charge in [-0.3, -0.25) is 9.69 Å².